The molecular weight excluding hydrogens is 309 g/mol. The summed E-state index contributed by atoms with van der Waals surface area (Å²) < 4.78 is 1.33. The van der Waals surface area contributed by atoms with Gasteiger partial charge < -0.3 is 4.90 Å². The zero-order chi connectivity index (χ0) is 11.0. The molecule has 1 heterocycles. The van der Waals surface area contributed by atoms with E-state index in [4.69, 9.17) is 0 Å². The van der Waals surface area contributed by atoms with Crippen molar-refractivity contribution in [3.63, 3.8) is 0 Å². The molecule has 0 N–H and O–H groups in total. The van der Waals surface area contributed by atoms with Gasteiger partial charge in [0.05, 0.1) is 0 Å². The number of halogens is 1. The number of hydrogen-bond donors (Lipinski definition) is 0. The smallest absolute Gasteiger partial charge is 0.0367 e. The highest BCUT2D eigenvalue weighted by molar-refractivity contribution is 14.1. The highest BCUT2D eigenvalue weighted by atomic mass is 127. The van der Waals surface area contributed by atoms with Crippen LogP contribution in [-0.2, 0) is 0 Å². The summed E-state index contributed by atoms with van der Waals surface area (Å²) in [5.41, 5.74) is 2.11. The van der Waals surface area contributed by atoms with E-state index in [0.717, 1.165) is 0 Å². The van der Waals surface area contributed by atoms with E-state index in [2.05, 4.69) is 51.8 Å². The molecule has 86 valence electrons. The average Bonchev–Trinajstić information content (AvgIpc) is 2.28. The van der Waals surface area contributed by atoms with Crippen LogP contribution >= 0.6 is 22.6 Å². The molecule has 2 fully saturated rings. The fourth-order valence-corrected chi connectivity index (χ4v) is 3.58. The van der Waals surface area contributed by atoms with Crippen molar-refractivity contribution in [3.05, 3.63) is 27.8 Å². The van der Waals surface area contributed by atoms with E-state index in [1.165, 1.54) is 54.5 Å². The molecule has 1 aliphatic carbocycles. The maximum Gasteiger partial charge on any atom is 0.0367 e. The highest BCUT2D eigenvalue weighted by Gasteiger charge is 2.43. The topological polar surface area (TPSA) is 3.24 Å². The van der Waals surface area contributed by atoms with Crippen molar-refractivity contribution in [2.75, 3.05) is 18.0 Å². The minimum atomic E-state index is 0.696. The molecule has 1 aromatic carbocycles. The second-order valence-electron chi connectivity index (χ2n) is 5.39. The number of rotatable bonds is 1. The van der Waals surface area contributed by atoms with Crippen molar-refractivity contribution in [1.82, 2.24) is 0 Å². The maximum absolute atomic E-state index is 2.54. The van der Waals surface area contributed by atoms with Crippen molar-refractivity contribution in [2.24, 2.45) is 5.41 Å². The molecule has 2 heteroatoms. The van der Waals surface area contributed by atoms with Crippen molar-refractivity contribution >= 4 is 28.3 Å². The van der Waals surface area contributed by atoms with E-state index >= 15 is 0 Å². The van der Waals surface area contributed by atoms with Gasteiger partial charge in [-0.3, -0.25) is 0 Å². The zero-order valence-corrected chi connectivity index (χ0v) is 11.7. The van der Waals surface area contributed by atoms with Crippen molar-refractivity contribution < 1.29 is 0 Å². The Morgan fingerprint density at radius 3 is 2.19 bits per heavy atom. The lowest BCUT2D eigenvalue weighted by atomic mass is 9.68. The SMILES string of the molecule is Ic1ccc(N2CC3(CCCCC3)C2)cc1. The molecule has 1 spiro atoms. The van der Waals surface area contributed by atoms with Gasteiger partial charge in [0.1, 0.15) is 0 Å². The third-order valence-electron chi connectivity index (χ3n) is 4.16. The predicted octanol–water partition coefficient (Wildman–Crippen LogP) is 4.06. The Bertz CT molecular complexity index is 357. The second-order valence-corrected chi connectivity index (χ2v) is 6.64. The lowest BCUT2D eigenvalue weighted by Gasteiger charge is -2.53. The van der Waals surface area contributed by atoms with Gasteiger partial charge in [-0.1, -0.05) is 19.3 Å². The van der Waals surface area contributed by atoms with Crippen LogP contribution < -0.4 is 4.90 Å². The van der Waals surface area contributed by atoms with Gasteiger partial charge >= 0.3 is 0 Å². The summed E-state index contributed by atoms with van der Waals surface area (Å²) in [4.78, 5) is 2.54. The molecule has 0 amide bonds. The number of benzene rings is 1. The fourth-order valence-electron chi connectivity index (χ4n) is 3.22. The van der Waals surface area contributed by atoms with Crippen LogP contribution in [0.3, 0.4) is 0 Å². The molecule has 16 heavy (non-hydrogen) atoms. The molecule has 1 saturated heterocycles. The van der Waals surface area contributed by atoms with E-state index in [1.54, 1.807) is 0 Å². The first-order valence-electron chi connectivity index (χ1n) is 6.28. The number of nitrogens with zero attached hydrogens (tertiary/aromatic N) is 1. The Morgan fingerprint density at radius 1 is 0.938 bits per heavy atom. The first-order chi connectivity index (χ1) is 7.77. The largest absolute Gasteiger partial charge is 0.370 e. The molecule has 2 aliphatic rings. The van der Waals surface area contributed by atoms with Crippen LogP contribution in [0.2, 0.25) is 0 Å². The summed E-state index contributed by atoms with van der Waals surface area (Å²) >= 11 is 2.37. The minimum Gasteiger partial charge on any atom is -0.370 e. The molecule has 1 aliphatic heterocycles. The summed E-state index contributed by atoms with van der Waals surface area (Å²) in [5, 5.41) is 0. The molecule has 3 rings (SSSR count). The molecule has 1 aromatic rings. The summed E-state index contributed by atoms with van der Waals surface area (Å²) in [6, 6.07) is 8.94. The molecule has 0 bridgehead atoms. The lowest BCUT2D eigenvalue weighted by Crippen LogP contribution is -2.57. The molecule has 1 saturated carbocycles. The first kappa shape index (κ1) is 10.9. The zero-order valence-electron chi connectivity index (χ0n) is 9.58. The van der Waals surface area contributed by atoms with Gasteiger partial charge in [-0.15, -0.1) is 0 Å². The van der Waals surface area contributed by atoms with Crippen molar-refractivity contribution in [3.8, 4) is 0 Å². The summed E-state index contributed by atoms with van der Waals surface area (Å²) in [5.74, 6) is 0. The van der Waals surface area contributed by atoms with Gasteiger partial charge in [0.25, 0.3) is 0 Å². The molecule has 0 aromatic heterocycles. The molecule has 0 radical (unpaired) electrons. The predicted molar refractivity (Wildman–Crippen MR) is 76.9 cm³/mol. The highest BCUT2D eigenvalue weighted by Crippen LogP contribution is 2.45. The molecule has 0 atom stereocenters. The molecule has 1 nitrogen and oxygen atoms in total. The quantitative estimate of drug-likeness (QED) is 0.703. The van der Waals surface area contributed by atoms with Crippen LogP contribution in [0.15, 0.2) is 24.3 Å². The van der Waals surface area contributed by atoms with E-state index in [0.29, 0.717) is 5.41 Å². The Morgan fingerprint density at radius 2 is 1.56 bits per heavy atom. The van der Waals surface area contributed by atoms with Crippen LogP contribution in [0, 0.1) is 8.99 Å². The van der Waals surface area contributed by atoms with E-state index in [1.807, 2.05) is 0 Å². The van der Waals surface area contributed by atoms with Crippen molar-refractivity contribution in [1.29, 1.82) is 0 Å². The van der Waals surface area contributed by atoms with E-state index in [-0.39, 0.29) is 0 Å². The van der Waals surface area contributed by atoms with E-state index in [9.17, 15) is 0 Å². The summed E-state index contributed by atoms with van der Waals surface area (Å²) in [6.45, 7) is 2.60. The first-order valence-corrected chi connectivity index (χ1v) is 7.36. The summed E-state index contributed by atoms with van der Waals surface area (Å²) in [6.07, 6.45) is 7.31. The van der Waals surface area contributed by atoms with Gasteiger partial charge in [-0.2, -0.15) is 0 Å². The second kappa shape index (κ2) is 4.21. The Hall–Kier alpha value is -0.250. The van der Waals surface area contributed by atoms with Gasteiger partial charge in [-0.05, 0) is 59.7 Å². The van der Waals surface area contributed by atoms with Gasteiger partial charge in [-0.25, -0.2) is 0 Å². The Kier molecular flexibility index (Phi) is 2.86. The fraction of sp³-hybridized carbons (Fsp3) is 0.571. The average molecular weight is 327 g/mol. The van der Waals surface area contributed by atoms with Crippen molar-refractivity contribution in [2.45, 2.75) is 32.1 Å². The van der Waals surface area contributed by atoms with Crippen LogP contribution in [-0.4, -0.2) is 13.1 Å². The van der Waals surface area contributed by atoms with Crippen LogP contribution in [0.5, 0.6) is 0 Å². The number of hydrogen-bond acceptors (Lipinski definition) is 1. The molecule has 0 unspecified atom stereocenters. The summed E-state index contributed by atoms with van der Waals surface area (Å²) in [7, 11) is 0. The van der Waals surface area contributed by atoms with Crippen LogP contribution in [0.4, 0.5) is 5.69 Å². The maximum atomic E-state index is 2.54. The minimum absolute atomic E-state index is 0.696. The third kappa shape index (κ3) is 1.96. The van der Waals surface area contributed by atoms with Crippen LogP contribution in [0.25, 0.3) is 0 Å². The monoisotopic (exact) mass is 327 g/mol. The van der Waals surface area contributed by atoms with Gasteiger partial charge in [0.15, 0.2) is 0 Å². The normalized spacial score (nSPS) is 23.2. The Labute approximate surface area is 111 Å². The lowest BCUT2D eigenvalue weighted by molar-refractivity contribution is 0.139. The van der Waals surface area contributed by atoms with E-state index < -0.39 is 0 Å². The third-order valence-corrected chi connectivity index (χ3v) is 4.88. The van der Waals surface area contributed by atoms with Gasteiger partial charge in [0.2, 0.25) is 0 Å². The number of anilines is 1. The Balaban J connectivity index is 1.66. The standard InChI is InChI=1S/C14H18IN/c15-12-4-6-13(7-5-12)16-10-14(11-16)8-2-1-3-9-14/h4-7H,1-3,8-11H2. The molecular formula is C14H18IN. The van der Waals surface area contributed by atoms with Gasteiger partial charge in [0, 0.05) is 27.8 Å². The van der Waals surface area contributed by atoms with Crippen LogP contribution in [0.1, 0.15) is 32.1 Å².